The van der Waals surface area contributed by atoms with E-state index in [1.165, 1.54) is 6.92 Å². The molecule has 0 saturated heterocycles. The Bertz CT molecular complexity index is 417. The van der Waals surface area contributed by atoms with Gasteiger partial charge in [-0.3, -0.25) is 4.79 Å². The van der Waals surface area contributed by atoms with Crippen LogP contribution in [0.3, 0.4) is 0 Å². The lowest BCUT2D eigenvalue weighted by Crippen LogP contribution is -2.47. The number of para-hydroxylation sites is 1. The second-order valence-electron chi connectivity index (χ2n) is 3.66. The summed E-state index contributed by atoms with van der Waals surface area (Å²) in [6, 6.07) is 6.23. The van der Waals surface area contributed by atoms with Crippen LogP contribution in [0.15, 0.2) is 24.3 Å². The molecule has 1 N–H and O–H groups in total. The van der Waals surface area contributed by atoms with E-state index in [9.17, 15) is 14.7 Å². The summed E-state index contributed by atoms with van der Waals surface area (Å²) < 4.78 is 5.25. The molecule has 0 aliphatic carbocycles. The average molecular weight is 236 g/mol. The fourth-order valence-corrected chi connectivity index (χ4v) is 1.20. The summed E-state index contributed by atoms with van der Waals surface area (Å²) in [4.78, 5) is 21.7. The minimum Gasteiger partial charge on any atom is -0.548 e. The first-order valence-electron chi connectivity index (χ1n) is 5.19. The lowest BCUT2D eigenvalue weighted by molar-refractivity contribution is -0.307. The molecule has 0 aliphatic heterocycles. The maximum absolute atomic E-state index is 11.3. The maximum atomic E-state index is 11.3. The molecule has 1 amide bonds. The predicted molar refractivity (Wildman–Crippen MR) is 59.3 cm³/mol. The van der Waals surface area contributed by atoms with Crippen LogP contribution in [0.1, 0.15) is 12.5 Å². The van der Waals surface area contributed by atoms with Crippen molar-refractivity contribution in [3.05, 3.63) is 29.8 Å². The third kappa shape index (κ3) is 4.14. The first-order chi connectivity index (χ1) is 8.00. The van der Waals surface area contributed by atoms with Crippen LogP contribution in [0.5, 0.6) is 5.75 Å². The van der Waals surface area contributed by atoms with Gasteiger partial charge in [0.15, 0.2) is 6.61 Å². The van der Waals surface area contributed by atoms with Gasteiger partial charge in [-0.1, -0.05) is 18.2 Å². The number of hydrogen-bond donors (Lipinski definition) is 1. The van der Waals surface area contributed by atoms with Crippen molar-refractivity contribution in [2.75, 3.05) is 6.61 Å². The number of carboxylic acid groups (broad SMARTS) is 1. The summed E-state index contributed by atoms with van der Waals surface area (Å²) in [5.74, 6) is -1.22. The molecule has 92 valence electrons. The number of hydrogen-bond acceptors (Lipinski definition) is 4. The molecular weight excluding hydrogens is 222 g/mol. The number of benzene rings is 1. The number of aryl methyl sites for hydroxylation is 1. The van der Waals surface area contributed by atoms with Gasteiger partial charge in [0.05, 0.1) is 12.0 Å². The molecular formula is C12H14NO4-. The van der Waals surface area contributed by atoms with Crippen LogP contribution in [0.4, 0.5) is 0 Å². The smallest absolute Gasteiger partial charge is 0.258 e. The van der Waals surface area contributed by atoms with Gasteiger partial charge < -0.3 is 20.0 Å². The zero-order valence-electron chi connectivity index (χ0n) is 9.73. The zero-order valence-corrected chi connectivity index (χ0v) is 9.73. The summed E-state index contributed by atoms with van der Waals surface area (Å²) in [6.07, 6.45) is 0. The number of ether oxygens (including phenoxy) is 1. The largest absolute Gasteiger partial charge is 0.548 e. The van der Waals surface area contributed by atoms with Gasteiger partial charge in [-0.05, 0) is 25.5 Å². The third-order valence-electron chi connectivity index (χ3n) is 2.18. The van der Waals surface area contributed by atoms with Gasteiger partial charge in [0.2, 0.25) is 0 Å². The van der Waals surface area contributed by atoms with Crippen LogP contribution in [0.2, 0.25) is 0 Å². The summed E-state index contributed by atoms with van der Waals surface area (Å²) in [5, 5.41) is 12.6. The van der Waals surface area contributed by atoms with Crippen LogP contribution in [0.25, 0.3) is 0 Å². The SMILES string of the molecule is Cc1ccccc1OCC(=O)N[C@@H](C)C(=O)[O-]. The first kappa shape index (κ1) is 13.0. The van der Waals surface area contributed by atoms with Gasteiger partial charge in [0, 0.05) is 0 Å². The van der Waals surface area contributed by atoms with Crippen LogP contribution in [-0.2, 0) is 9.59 Å². The molecule has 1 aromatic rings. The average Bonchev–Trinajstić information content (AvgIpc) is 2.27. The molecule has 0 saturated carbocycles. The van der Waals surface area contributed by atoms with E-state index < -0.39 is 17.9 Å². The number of carboxylic acids is 1. The van der Waals surface area contributed by atoms with E-state index in [4.69, 9.17) is 4.74 Å². The lowest BCUT2D eigenvalue weighted by Gasteiger charge is -2.15. The van der Waals surface area contributed by atoms with Crippen molar-refractivity contribution in [1.82, 2.24) is 5.32 Å². The zero-order chi connectivity index (χ0) is 12.8. The fourth-order valence-electron chi connectivity index (χ4n) is 1.20. The second-order valence-corrected chi connectivity index (χ2v) is 3.66. The molecule has 0 aromatic heterocycles. The van der Waals surface area contributed by atoms with E-state index in [2.05, 4.69) is 5.32 Å². The molecule has 0 heterocycles. The molecule has 0 radical (unpaired) electrons. The number of rotatable bonds is 5. The Balaban J connectivity index is 2.44. The van der Waals surface area contributed by atoms with E-state index >= 15 is 0 Å². The van der Waals surface area contributed by atoms with Crippen molar-refractivity contribution >= 4 is 11.9 Å². The Labute approximate surface area is 99.4 Å². The molecule has 0 bridgehead atoms. The van der Waals surface area contributed by atoms with Crippen molar-refractivity contribution in [1.29, 1.82) is 0 Å². The van der Waals surface area contributed by atoms with Gasteiger partial charge in [0.25, 0.3) is 5.91 Å². The number of carbonyl (C=O) groups excluding carboxylic acids is 2. The molecule has 5 heteroatoms. The number of aliphatic carboxylic acids is 1. The molecule has 1 atom stereocenters. The van der Waals surface area contributed by atoms with E-state index in [0.717, 1.165) is 5.56 Å². The van der Waals surface area contributed by atoms with Gasteiger partial charge in [-0.25, -0.2) is 0 Å². The quantitative estimate of drug-likeness (QED) is 0.756. The van der Waals surface area contributed by atoms with E-state index in [1.807, 2.05) is 19.1 Å². The molecule has 17 heavy (non-hydrogen) atoms. The Hall–Kier alpha value is -2.04. The third-order valence-corrected chi connectivity index (χ3v) is 2.18. The highest BCUT2D eigenvalue weighted by Crippen LogP contribution is 2.15. The number of amides is 1. The molecule has 0 unspecified atom stereocenters. The number of carbonyl (C=O) groups is 2. The van der Waals surface area contributed by atoms with Crippen molar-refractivity contribution in [3.8, 4) is 5.75 Å². The van der Waals surface area contributed by atoms with Gasteiger partial charge in [-0.15, -0.1) is 0 Å². The maximum Gasteiger partial charge on any atom is 0.258 e. The monoisotopic (exact) mass is 236 g/mol. The Kier molecular flexibility index (Phi) is 4.51. The molecule has 5 nitrogen and oxygen atoms in total. The Morgan fingerprint density at radius 3 is 2.65 bits per heavy atom. The van der Waals surface area contributed by atoms with Gasteiger partial charge in [-0.2, -0.15) is 0 Å². The highest BCUT2D eigenvalue weighted by molar-refractivity contribution is 5.83. The molecule has 1 rings (SSSR count). The summed E-state index contributed by atoms with van der Waals surface area (Å²) in [5.41, 5.74) is 0.910. The van der Waals surface area contributed by atoms with Crippen LogP contribution >= 0.6 is 0 Å². The van der Waals surface area contributed by atoms with Crippen molar-refractivity contribution in [2.45, 2.75) is 19.9 Å². The minimum atomic E-state index is -1.32. The van der Waals surface area contributed by atoms with Gasteiger partial charge >= 0.3 is 0 Å². The lowest BCUT2D eigenvalue weighted by atomic mass is 10.2. The van der Waals surface area contributed by atoms with E-state index in [1.54, 1.807) is 12.1 Å². The molecule has 0 spiro atoms. The highest BCUT2D eigenvalue weighted by atomic mass is 16.5. The second kappa shape index (κ2) is 5.89. The van der Waals surface area contributed by atoms with E-state index in [0.29, 0.717) is 5.75 Å². The van der Waals surface area contributed by atoms with Crippen LogP contribution in [-0.4, -0.2) is 24.5 Å². The standard InChI is InChI=1S/C12H15NO4/c1-8-5-3-4-6-10(8)17-7-11(14)13-9(2)12(15)16/h3-6,9H,7H2,1-2H3,(H,13,14)(H,15,16)/p-1/t9-/m0/s1. The topological polar surface area (TPSA) is 78.5 Å². The van der Waals surface area contributed by atoms with Crippen molar-refractivity contribution < 1.29 is 19.4 Å². The molecule has 1 aromatic carbocycles. The fraction of sp³-hybridized carbons (Fsp3) is 0.333. The Morgan fingerprint density at radius 1 is 1.41 bits per heavy atom. The summed E-state index contributed by atoms with van der Waals surface area (Å²) in [6.45, 7) is 2.97. The number of nitrogens with one attached hydrogen (secondary N) is 1. The van der Waals surface area contributed by atoms with Crippen LogP contribution < -0.4 is 15.2 Å². The predicted octanol–water partition coefficient (Wildman–Crippen LogP) is -0.372. The first-order valence-corrected chi connectivity index (χ1v) is 5.19. The minimum absolute atomic E-state index is 0.220. The van der Waals surface area contributed by atoms with Crippen molar-refractivity contribution in [2.24, 2.45) is 0 Å². The Morgan fingerprint density at radius 2 is 2.06 bits per heavy atom. The summed E-state index contributed by atoms with van der Waals surface area (Å²) >= 11 is 0. The summed E-state index contributed by atoms with van der Waals surface area (Å²) in [7, 11) is 0. The van der Waals surface area contributed by atoms with Gasteiger partial charge in [0.1, 0.15) is 5.75 Å². The normalized spacial score (nSPS) is 11.6. The van der Waals surface area contributed by atoms with Crippen LogP contribution in [0, 0.1) is 6.92 Å². The highest BCUT2D eigenvalue weighted by Gasteiger charge is 2.08. The molecule has 0 fully saturated rings. The van der Waals surface area contributed by atoms with Crippen molar-refractivity contribution in [3.63, 3.8) is 0 Å². The van der Waals surface area contributed by atoms with E-state index in [-0.39, 0.29) is 6.61 Å². The molecule has 0 aliphatic rings.